The summed E-state index contributed by atoms with van der Waals surface area (Å²) in [6, 6.07) is 38.0. The van der Waals surface area contributed by atoms with E-state index in [1.165, 1.54) is 116 Å². The van der Waals surface area contributed by atoms with Gasteiger partial charge in [0, 0.05) is 11.1 Å². The summed E-state index contributed by atoms with van der Waals surface area (Å²) in [6.45, 7) is 5.90. The molecule has 0 bridgehead atoms. The maximum atomic E-state index is 14.0. The number of carbonyl (C=O) groups is 2. The second-order valence-electron chi connectivity index (χ2n) is 19.9. The largest absolute Gasteiger partial charge is 0.494 e. The summed E-state index contributed by atoms with van der Waals surface area (Å²) >= 11 is 0. The Labute approximate surface area is 406 Å². The maximum Gasteiger partial charge on any atom is 0.343 e. The molecule has 0 aromatic heterocycles. The highest BCUT2D eigenvalue weighted by Gasteiger charge is 2.25. The number of ether oxygens (including phenoxy) is 4. The van der Waals surface area contributed by atoms with E-state index in [2.05, 4.69) is 13.8 Å². The molecule has 0 heterocycles. The fourth-order valence-corrected chi connectivity index (χ4v) is 11.0. The average Bonchev–Trinajstić information content (AvgIpc) is 3.38. The predicted molar refractivity (Wildman–Crippen MR) is 278 cm³/mol. The molecule has 0 saturated heterocycles. The predicted octanol–water partition coefficient (Wildman–Crippen LogP) is 17.2. The Hall–Kier alpha value is -5.62. The molecule has 2 saturated carbocycles. The van der Waals surface area contributed by atoms with Crippen molar-refractivity contribution >= 4 is 33.5 Å². The zero-order valence-electron chi connectivity index (χ0n) is 40.9. The molecule has 6 aromatic carbocycles. The van der Waals surface area contributed by atoms with Gasteiger partial charge in [0.2, 0.25) is 0 Å². The first-order chi connectivity index (χ1) is 33.4. The van der Waals surface area contributed by atoms with E-state index < -0.39 is 11.9 Å². The lowest BCUT2D eigenvalue weighted by Gasteiger charge is -2.28. The third kappa shape index (κ3) is 13.3. The van der Waals surface area contributed by atoms with Crippen molar-refractivity contribution in [2.45, 2.75) is 142 Å². The molecule has 0 spiro atoms. The number of hydrogen-bond donors (Lipinski definition) is 0. The van der Waals surface area contributed by atoms with Gasteiger partial charge in [-0.1, -0.05) is 177 Å². The summed E-state index contributed by atoms with van der Waals surface area (Å²) in [5.74, 6) is 4.74. The van der Waals surface area contributed by atoms with Crippen molar-refractivity contribution in [1.82, 2.24) is 0 Å². The quantitative estimate of drug-likeness (QED) is 0.0362. The van der Waals surface area contributed by atoms with Crippen molar-refractivity contribution < 1.29 is 28.5 Å². The molecule has 0 aliphatic heterocycles. The standard InChI is InChI=1S/C62H74O6/c1-3-5-7-15-45-23-27-47(28-24-45)17-13-43-65-53-37-31-51(32-38-53)61(63)67-57-41-35-49-19-9-11-21-55(49)59(57)60-56-22-12-10-20-50(56)36-42-58(60)68-62(64)52-33-39-54(40-34-52)66-44-14-18-48-29-25-46(26-30-48)16-8-6-4-2/h9-12,19-22,31-42,45-48H,3-8,13-18,23-30,43-44H2,1-2H3. The minimum atomic E-state index is -0.486. The third-order valence-corrected chi connectivity index (χ3v) is 15.0. The van der Waals surface area contributed by atoms with Gasteiger partial charge in [-0.2, -0.15) is 0 Å². The van der Waals surface area contributed by atoms with Crippen molar-refractivity contribution in [3.63, 3.8) is 0 Å². The summed E-state index contributed by atoms with van der Waals surface area (Å²) in [5, 5.41) is 3.66. The number of carbonyl (C=O) groups excluding carboxylic acids is 2. The van der Waals surface area contributed by atoms with Crippen LogP contribution in [0.1, 0.15) is 163 Å². The molecule has 358 valence electrons. The van der Waals surface area contributed by atoms with E-state index in [1.54, 1.807) is 24.3 Å². The normalized spacial score (nSPS) is 18.3. The van der Waals surface area contributed by atoms with Crippen molar-refractivity contribution in [1.29, 1.82) is 0 Å². The van der Waals surface area contributed by atoms with Crippen molar-refractivity contribution in [2.75, 3.05) is 13.2 Å². The van der Waals surface area contributed by atoms with Crippen LogP contribution in [0.25, 0.3) is 32.7 Å². The molecule has 2 aliphatic rings. The fourth-order valence-electron chi connectivity index (χ4n) is 11.0. The van der Waals surface area contributed by atoms with Crippen LogP contribution in [-0.4, -0.2) is 25.2 Å². The van der Waals surface area contributed by atoms with Crippen molar-refractivity contribution in [3.8, 4) is 34.1 Å². The second kappa shape index (κ2) is 25.1. The van der Waals surface area contributed by atoms with Crippen molar-refractivity contribution in [3.05, 3.63) is 132 Å². The van der Waals surface area contributed by atoms with E-state index in [0.717, 1.165) is 69.6 Å². The average molecular weight is 915 g/mol. The highest BCUT2D eigenvalue weighted by Crippen LogP contribution is 2.46. The van der Waals surface area contributed by atoms with Crippen LogP contribution >= 0.6 is 0 Å². The van der Waals surface area contributed by atoms with Gasteiger partial charge in [-0.25, -0.2) is 9.59 Å². The van der Waals surface area contributed by atoms with Crippen LogP contribution in [0.2, 0.25) is 0 Å². The van der Waals surface area contributed by atoms with Crippen LogP contribution in [0.3, 0.4) is 0 Å². The van der Waals surface area contributed by atoms with Gasteiger partial charge < -0.3 is 18.9 Å². The lowest BCUT2D eigenvalue weighted by atomic mass is 9.78. The lowest BCUT2D eigenvalue weighted by Crippen LogP contribution is -2.15. The monoisotopic (exact) mass is 915 g/mol. The molecule has 6 aromatic rings. The topological polar surface area (TPSA) is 71.1 Å². The molecule has 6 heteroatoms. The summed E-state index contributed by atoms with van der Waals surface area (Å²) < 4.78 is 24.9. The Balaban J connectivity index is 0.904. The summed E-state index contributed by atoms with van der Waals surface area (Å²) in [6.07, 6.45) is 26.4. The molecule has 6 nitrogen and oxygen atoms in total. The van der Waals surface area contributed by atoms with Gasteiger partial charge in [0.25, 0.3) is 0 Å². The van der Waals surface area contributed by atoms with Crippen LogP contribution < -0.4 is 18.9 Å². The Morgan fingerprint density at radius 3 is 1.13 bits per heavy atom. The van der Waals surface area contributed by atoms with Gasteiger partial charge in [0.1, 0.15) is 23.0 Å². The van der Waals surface area contributed by atoms with Gasteiger partial charge in [-0.05, 0) is 132 Å². The lowest BCUT2D eigenvalue weighted by molar-refractivity contribution is 0.0723. The molecule has 68 heavy (non-hydrogen) atoms. The Kier molecular flexibility index (Phi) is 18.0. The van der Waals surface area contributed by atoms with Crippen LogP contribution in [0.4, 0.5) is 0 Å². The van der Waals surface area contributed by atoms with E-state index in [9.17, 15) is 9.59 Å². The number of esters is 2. The van der Waals surface area contributed by atoms with E-state index in [4.69, 9.17) is 18.9 Å². The molecule has 2 fully saturated rings. The van der Waals surface area contributed by atoms with Crippen molar-refractivity contribution in [2.24, 2.45) is 23.7 Å². The van der Waals surface area contributed by atoms with Gasteiger partial charge in [0.05, 0.1) is 24.3 Å². The summed E-state index contributed by atoms with van der Waals surface area (Å²) in [5.41, 5.74) is 2.17. The number of fused-ring (bicyclic) bond motifs is 2. The molecule has 0 N–H and O–H groups in total. The zero-order valence-corrected chi connectivity index (χ0v) is 40.9. The van der Waals surface area contributed by atoms with E-state index in [0.29, 0.717) is 47.0 Å². The minimum Gasteiger partial charge on any atom is -0.494 e. The SMILES string of the molecule is CCCCCC1CCC(CCCOc2ccc(C(=O)Oc3ccc4ccccc4c3-c3c(OC(=O)c4ccc(OCCCC5CCC(CCCCC)CC5)cc4)ccc4ccccc34)cc2)CC1. The number of rotatable bonds is 23. The third-order valence-electron chi connectivity index (χ3n) is 15.0. The highest BCUT2D eigenvalue weighted by molar-refractivity contribution is 6.11. The highest BCUT2D eigenvalue weighted by atomic mass is 16.5. The summed E-state index contributed by atoms with van der Waals surface area (Å²) in [4.78, 5) is 27.9. The molecule has 8 rings (SSSR count). The molecule has 0 amide bonds. The number of hydrogen-bond acceptors (Lipinski definition) is 6. The Bertz CT molecular complexity index is 2330. The van der Waals surface area contributed by atoms with Gasteiger partial charge in [0.15, 0.2) is 0 Å². The zero-order chi connectivity index (χ0) is 46.9. The molecular formula is C62H74O6. The van der Waals surface area contributed by atoms with Gasteiger partial charge in [-0.3, -0.25) is 0 Å². The van der Waals surface area contributed by atoms with Gasteiger partial charge in [-0.15, -0.1) is 0 Å². The smallest absolute Gasteiger partial charge is 0.343 e. The Morgan fingerprint density at radius 1 is 0.412 bits per heavy atom. The maximum absolute atomic E-state index is 14.0. The fraction of sp³-hybridized carbons (Fsp3) is 0.452. The molecular weight excluding hydrogens is 841 g/mol. The van der Waals surface area contributed by atoms with E-state index in [1.807, 2.05) is 97.1 Å². The molecule has 2 aliphatic carbocycles. The van der Waals surface area contributed by atoms with E-state index in [-0.39, 0.29) is 0 Å². The van der Waals surface area contributed by atoms with Crippen LogP contribution in [0.5, 0.6) is 23.0 Å². The van der Waals surface area contributed by atoms with Gasteiger partial charge >= 0.3 is 11.9 Å². The first-order valence-corrected chi connectivity index (χ1v) is 26.4. The van der Waals surface area contributed by atoms with Crippen LogP contribution in [0.15, 0.2) is 121 Å². The second-order valence-corrected chi connectivity index (χ2v) is 19.9. The summed E-state index contributed by atoms with van der Waals surface area (Å²) in [7, 11) is 0. The molecule has 0 atom stereocenters. The van der Waals surface area contributed by atoms with Crippen LogP contribution in [0, 0.1) is 23.7 Å². The molecule has 0 radical (unpaired) electrons. The minimum absolute atomic E-state index is 0.370. The number of unbranched alkanes of at least 4 members (excludes halogenated alkanes) is 4. The van der Waals surface area contributed by atoms with Crippen LogP contribution in [-0.2, 0) is 0 Å². The first kappa shape index (κ1) is 48.8. The van der Waals surface area contributed by atoms with E-state index >= 15 is 0 Å². The Morgan fingerprint density at radius 2 is 0.765 bits per heavy atom. The molecule has 0 unspecified atom stereocenters. The first-order valence-electron chi connectivity index (χ1n) is 26.4. The number of benzene rings is 6.